The van der Waals surface area contributed by atoms with E-state index in [0.29, 0.717) is 16.8 Å². The van der Waals surface area contributed by atoms with Crippen LogP contribution in [0, 0.1) is 5.82 Å². The molecule has 0 aliphatic heterocycles. The zero-order valence-corrected chi connectivity index (χ0v) is 11.9. The lowest BCUT2D eigenvalue weighted by atomic mass is 10.1. The summed E-state index contributed by atoms with van der Waals surface area (Å²) in [5, 5.41) is 14.2. The smallest absolute Gasteiger partial charge is 0.319 e. The van der Waals surface area contributed by atoms with E-state index in [0.717, 1.165) is 6.07 Å². The van der Waals surface area contributed by atoms with Crippen molar-refractivity contribution in [3.05, 3.63) is 59.4 Å². The maximum Gasteiger partial charge on any atom is 0.319 e. The highest BCUT2D eigenvalue weighted by atomic mass is 19.1. The summed E-state index contributed by atoms with van der Waals surface area (Å²) in [6.07, 6.45) is 0. The standard InChI is InChI=1S/C16H15FN2O3/c1-10(20)12-3-2-4-13(8-12)19-16(22)18-9-11-5-6-15(21)14(17)7-11/h2-8,21H,9H2,1H3,(H2,18,19,22). The number of carbonyl (C=O) groups is 2. The molecule has 0 fully saturated rings. The van der Waals surface area contributed by atoms with Gasteiger partial charge in [-0.3, -0.25) is 4.79 Å². The van der Waals surface area contributed by atoms with E-state index in [9.17, 15) is 14.0 Å². The van der Waals surface area contributed by atoms with Crippen LogP contribution in [0.4, 0.5) is 14.9 Å². The average molecular weight is 302 g/mol. The molecule has 0 aliphatic carbocycles. The van der Waals surface area contributed by atoms with Crippen LogP contribution in [0.25, 0.3) is 0 Å². The van der Waals surface area contributed by atoms with Gasteiger partial charge in [-0.15, -0.1) is 0 Å². The van der Waals surface area contributed by atoms with E-state index in [4.69, 9.17) is 5.11 Å². The van der Waals surface area contributed by atoms with Gasteiger partial charge >= 0.3 is 6.03 Å². The van der Waals surface area contributed by atoms with Crippen molar-refractivity contribution in [2.24, 2.45) is 0 Å². The molecule has 2 rings (SSSR count). The SMILES string of the molecule is CC(=O)c1cccc(NC(=O)NCc2ccc(O)c(F)c2)c1. The third-order valence-electron chi connectivity index (χ3n) is 2.99. The number of ketones is 1. The third kappa shape index (κ3) is 4.05. The number of halogens is 1. The molecule has 2 aromatic carbocycles. The summed E-state index contributed by atoms with van der Waals surface area (Å²) in [7, 11) is 0. The Morgan fingerprint density at radius 2 is 1.95 bits per heavy atom. The molecule has 3 N–H and O–H groups in total. The van der Waals surface area contributed by atoms with Gasteiger partial charge in [0.1, 0.15) is 0 Å². The van der Waals surface area contributed by atoms with Crippen molar-refractivity contribution in [2.45, 2.75) is 13.5 Å². The van der Waals surface area contributed by atoms with Crippen LogP contribution in [0.3, 0.4) is 0 Å². The van der Waals surface area contributed by atoms with Gasteiger partial charge in [-0.1, -0.05) is 18.2 Å². The molecule has 0 radical (unpaired) electrons. The monoisotopic (exact) mass is 302 g/mol. The van der Waals surface area contributed by atoms with Crippen molar-refractivity contribution in [3.8, 4) is 5.75 Å². The van der Waals surface area contributed by atoms with Gasteiger partial charge in [-0.25, -0.2) is 9.18 Å². The first-order chi connectivity index (χ1) is 10.5. The summed E-state index contributed by atoms with van der Waals surface area (Å²) < 4.78 is 13.2. The molecule has 0 heterocycles. The molecule has 2 amide bonds. The number of anilines is 1. The zero-order valence-electron chi connectivity index (χ0n) is 11.9. The second-order valence-corrected chi connectivity index (χ2v) is 4.73. The third-order valence-corrected chi connectivity index (χ3v) is 2.99. The molecule has 0 unspecified atom stereocenters. The van der Waals surface area contributed by atoms with Crippen molar-refractivity contribution in [3.63, 3.8) is 0 Å². The number of phenols is 1. The van der Waals surface area contributed by atoms with Gasteiger partial charge in [0.2, 0.25) is 0 Å². The number of carbonyl (C=O) groups excluding carboxylic acids is 2. The topological polar surface area (TPSA) is 78.4 Å². The molecule has 0 bridgehead atoms. The molecule has 114 valence electrons. The van der Waals surface area contributed by atoms with Crippen LogP contribution in [-0.4, -0.2) is 16.9 Å². The highest BCUT2D eigenvalue weighted by Crippen LogP contribution is 2.16. The summed E-state index contributed by atoms with van der Waals surface area (Å²) in [5.41, 5.74) is 1.50. The predicted octanol–water partition coefficient (Wildman–Crippen LogP) is 3.06. The van der Waals surface area contributed by atoms with E-state index in [-0.39, 0.29) is 12.3 Å². The highest BCUT2D eigenvalue weighted by molar-refractivity contribution is 5.96. The van der Waals surface area contributed by atoms with Crippen molar-refractivity contribution < 1.29 is 19.1 Å². The number of hydrogen-bond acceptors (Lipinski definition) is 3. The summed E-state index contributed by atoms with van der Waals surface area (Å²) in [6, 6.07) is 9.96. The van der Waals surface area contributed by atoms with E-state index in [1.807, 2.05) is 0 Å². The van der Waals surface area contributed by atoms with E-state index in [1.165, 1.54) is 19.1 Å². The number of amides is 2. The molecule has 0 spiro atoms. The zero-order chi connectivity index (χ0) is 16.1. The number of urea groups is 1. The Morgan fingerprint density at radius 1 is 1.18 bits per heavy atom. The minimum absolute atomic E-state index is 0.0939. The summed E-state index contributed by atoms with van der Waals surface area (Å²) in [5.74, 6) is -1.27. The van der Waals surface area contributed by atoms with Crippen molar-refractivity contribution in [2.75, 3.05) is 5.32 Å². The Morgan fingerprint density at radius 3 is 2.64 bits per heavy atom. The van der Waals surface area contributed by atoms with Gasteiger partial charge in [0.05, 0.1) is 0 Å². The molecule has 0 saturated carbocycles. The lowest BCUT2D eigenvalue weighted by Gasteiger charge is -2.09. The second kappa shape index (κ2) is 6.71. The minimum Gasteiger partial charge on any atom is -0.505 e. The second-order valence-electron chi connectivity index (χ2n) is 4.73. The van der Waals surface area contributed by atoms with E-state index in [1.54, 1.807) is 24.3 Å². The largest absolute Gasteiger partial charge is 0.505 e. The van der Waals surface area contributed by atoms with Gasteiger partial charge in [0.15, 0.2) is 17.3 Å². The number of aromatic hydroxyl groups is 1. The van der Waals surface area contributed by atoms with Gasteiger partial charge in [-0.2, -0.15) is 0 Å². The molecule has 6 heteroatoms. The Balaban J connectivity index is 1.94. The predicted molar refractivity (Wildman–Crippen MR) is 80.4 cm³/mol. The van der Waals surface area contributed by atoms with Crippen molar-refractivity contribution >= 4 is 17.5 Å². The number of hydrogen-bond donors (Lipinski definition) is 3. The highest BCUT2D eigenvalue weighted by Gasteiger charge is 2.06. The molecular formula is C16H15FN2O3. The average Bonchev–Trinajstić information content (AvgIpc) is 2.49. The fourth-order valence-electron chi connectivity index (χ4n) is 1.83. The Hall–Kier alpha value is -2.89. The fourth-order valence-corrected chi connectivity index (χ4v) is 1.83. The molecule has 2 aromatic rings. The number of phenolic OH excluding ortho intramolecular Hbond substituents is 1. The van der Waals surface area contributed by atoms with Crippen LogP contribution < -0.4 is 10.6 Å². The lowest BCUT2D eigenvalue weighted by Crippen LogP contribution is -2.28. The first kappa shape index (κ1) is 15.5. The van der Waals surface area contributed by atoms with E-state index < -0.39 is 17.6 Å². The van der Waals surface area contributed by atoms with Gasteiger partial charge in [0, 0.05) is 17.8 Å². The quantitative estimate of drug-likeness (QED) is 0.760. The van der Waals surface area contributed by atoms with Gasteiger partial charge in [0.25, 0.3) is 0 Å². The minimum atomic E-state index is -0.742. The number of nitrogens with one attached hydrogen (secondary N) is 2. The molecule has 0 aliphatic rings. The molecule has 0 aromatic heterocycles. The first-order valence-corrected chi connectivity index (χ1v) is 6.59. The molecule has 22 heavy (non-hydrogen) atoms. The van der Waals surface area contributed by atoms with Gasteiger partial charge in [-0.05, 0) is 36.8 Å². The number of benzene rings is 2. The van der Waals surface area contributed by atoms with Crippen LogP contribution in [0.5, 0.6) is 5.75 Å². The molecule has 0 saturated heterocycles. The summed E-state index contributed by atoms with van der Waals surface area (Å²) in [6.45, 7) is 1.55. The first-order valence-electron chi connectivity index (χ1n) is 6.59. The normalized spacial score (nSPS) is 10.1. The maximum absolute atomic E-state index is 13.2. The van der Waals surface area contributed by atoms with Crippen molar-refractivity contribution in [1.82, 2.24) is 5.32 Å². The molecule has 5 nitrogen and oxygen atoms in total. The van der Waals surface area contributed by atoms with E-state index >= 15 is 0 Å². The van der Waals surface area contributed by atoms with E-state index in [2.05, 4.69) is 10.6 Å². The van der Waals surface area contributed by atoms with Gasteiger partial charge < -0.3 is 15.7 Å². The van der Waals surface area contributed by atoms with Crippen LogP contribution in [0.2, 0.25) is 0 Å². The number of rotatable bonds is 4. The molecule has 0 atom stereocenters. The number of Topliss-reactive ketones (excluding diaryl/α,β-unsaturated/α-hetero) is 1. The summed E-state index contributed by atoms with van der Waals surface area (Å²) >= 11 is 0. The Labute approximate surface area is 126 Å². The molecular weight excluding hydrogens is 287 g/mol. The lowest BCUT2D eigenvalue weighted by molar-refractivity contribution is 0.101. The maximum atomic E-state index is 13.2. The Kier molecular flexibility index (Phi) is 4.73. The van der Waals surface area contributed by atoms with Crippen molar-refractivity contribution in [1.29, 1.82) is 0 Å². The fraction of sp³-hybridized carbons (Fsp3) is 0.125. The van der Waals surface area contributed by atoms with Crippen LogP contribution >= 0.6 is 0 Å². The Bertz CT molecular complexity index is 716. The van der Waals surface area contributed by atoms with Crippen LogP contribution in [-0.2, 0) is 6.54 Å². The van der Waals surface area contributed by atoms with Crippen LogP contribution in [0.15, 0.2) is 42.5 Å². The van der Waals surface area contributed by atoms with Crippen LogP contribution in [0.1, 0.15) is 22.8 Å². The summed E-state index contributed by atoms with van der Waals surface area (Å²) in [4.78, 5) is 23.0.